The Morgan fingerprint density at radius 1 is 1.00 bits per heavy atom. The van der Waals surface area contributed by atoms with Gasteiger partial charge in [-0.25, -0.2) is 4.18 Å². The first-order chi connectivity index (χ1) is 13.7. The maximum atomic E-state index is 10.6. The van der Waals surface area contributed by atoms with Gasteiger partial charge in [0, 0.05) is 10.8 Å². The summed E-state index contributed by atoms with van der Waals surface area (Å²) in [5.41, 5.74) is -0.547. The number of hydrogen-bond donors (Lipinski definition) is 2. The van der Waals surface area contributed by atoms with E-state index in [9.17, 15) is 29.5 Å². The van der Waals surface area contributed by atoms with Crippen LogP contribution in [0.5, 0.6) is 11.5 Å². The van der Waals surface area contributed by atoms with Gasteiger partial charge in [0.15, 0.2) is 0 Å². The lowest BCUT2D eigenvalue weighted by Gasteiger charge is -2.14. The van der Waals surface area contributed by atoms with Gasteiger partial charge >= 0.3 is 10.4 Å². The summed E-state index contributed by atoms with van der Waals surface area (Å²) in [6, 6.07) is 7.93. The normalized spacial score (nSPS) is 10.0. The molecule has 1 aromatic rings. The van der Waals surface area contributed by atoms with Crippen LogP contribution in [0, 0.1) is 52.2 Å². The average Bonchev–Trinajstić information content (AvgIpc) is 2.67. The van der Waals surface area contributed by atoms with E-state index in [0.29, 0.717) is 0 Å². The molecule has 0 unspecified atom stereocenters. The minimum absolute atomic E-state index is 0.00307. The summed E-state index contributed by atoms with van der Waals surface area (Å²) in [6.45, 7) is -0.110. The van der Waals surface area contributed by atoms with Crippen molar-refractivity contribution < 1.29 is 31.7 Å². The van der Waals surface area contributed by atoms with Gasteiger partial charge < -0.3 is 14.6 Å². The van der Waals surface area contributed by atoms with Crippen molar-refractivity contribution in [2.24, 2.45) is 0 Å². The number of rotatable bonds is 8. The minimum atomic E-state index is -4.69. The van der Waals surface area contributed by atoms with Gasteiger partial charge in [-0.15, -0.1) is 0 Å². The zero-order valence-electron chi connectivity index (χ0n) is 15.0. The molecule has 0 heterocycles. The molecule has 0 aliphatic rings. The summed E-state index contributed by atoms with van der Waals surface area (Å²) in [4.78, 5) is 0. The van der Waals surface area contributed by atoms with Gasteiger partial charge in [0.05, 0.1) is 11.8 Å². The molecule has 150 valence electrons. The van der Waals surface area contributed by atoms with E-state index < -0.39 is 23.6 Å². The summed E-state index contributed by atoms with van der Waals surface area (Å²) in [5.74, 6) is -0.120. The third-order valence-electron chi connectivity index (χ3n) is 3.36. The molecule has 0 saturated carbocycles. The van der Waals surface area contributed by atoms with Crippen molar-refractivity contribution in [2.75, 3.05) is 26.4 Å². The number of aliphatic hydroxyl groups excluding tert-OH is 1. The van der Waals surface area contributed by atoms with E-state index >= 15 is 0 Å². The quantitative estimate of drug-likeness (QED) is 0.386. The van der Waals surface area contributed by atoms with Crippen molar-refractivity contribution >= 4 is 21.5 Å². The fourth-order valence-corrected chi connectivity index (χ4v) is 2.56. The minimum Gasteiger partial charge on any atom is -0.490 e. The second kappa shape index (κ2) is 10.6. The zero-order valence-corrected chi connectivity index (χ0v) is 15.9. The number of hydrogen-bond acceptors (Lipinski definition) is 10. The van der Waals surface area contributed by atoms with Crippen LogP contribution < -0.4 is 19.9 Å². The van der Waals surface area contributed by atoms with E-state index in [4.69, 9.17) is 19.1 Å². The fourth-order valence-electron chi connectivity index (χ4n) is 2.29. The van der Waals surface area contributed by atoms with E-state index in [2.05, 4.69) is 4.18 Å². The number of nitrogens with zero attached hydrogens (tertiary/aromatic N) is 4. The van der Waals surface area contributed by atoms with Crippen LogP contribution >= 0.6 is 0 Å². The van der Waals surface area contributed by atoms with Crippen molar-refractivity contribution in [3.8, 4) is 35.8 Å². The highest BCUT2D eigenvalue weighted by molar-refractivity contribution is 7.80. The van der Waals surface area contributed by atoms with Crippen LogP contribution in [0.25, 0.3) is 11.1 Å². The van der Waals surface area contributed by atoms with Gasteiger partial charge in [-0.05, 0) is 13.0 Å². The lowest BCUT2D eigenvalue weighted by atomic mass is 10.0. The van der Waals surface area contributed by atoms with Crippen LogP contribution in [-0.2, 0) is 14.6 Å². The summed E-state index contributed by atoms with van der Waals surface area (Å²) in [5, 5.41) is 45.9. The Labute approximate surface area is 166 Å². The highest BCUT2D eigenvalue weighted by atomic mass is 32.3. The smallest absolute Gasteiger partial charge is 0.397 e. The Morgan fingerprint density at radius 2 is 1.59 bits per heavy atom. The van der Waals surface area contributed by atoms with Crippen LogP contribution in [0.15, 0.2) is 6.07 Å². The zero-order chi connectivity index (χ0) is 22.0. The SMILES string of the molecule is Cc1c(OCCO)c(=C(C#N)C#N)cc(OCCOS(=O)(=O)O)c1=C(C#N)C#N. The maximum Gasteiger partial charge on any atom is 0.397 e. The Balaban J connectivity index is 3.79. The second-order valence-corrected chi connectivity index (χ2v) is 6.21. The van der Waals surface area contributed by atoms with Crippen molar-refractivity contribution in [1.29, 1.82) is 21.0 Å². The van der Waals surface area contributed by atoms with Crippen LogP contribution in [-0.4, -0.2) is 44.5 Å². The van der Waals surface area contributed by atoms with Crippen molar-refractivity contribution in [3.05, 3.63) is 22.1 Å². The molecule has 1 rings (SSSR count). The molecule has 0 atom stereocenters. The highest BCUT2D eigenvalue weighted by Gasteiger charge is 2.16. The topological polar surface area (TPSA) is 197 Å². The molecule has 0 bridgehead atoms. The summed E-state index contributed by atoms with van der Waals surface area (Å²) < 4.78 is 44.7. The first-order valence-electron chi connectivity index (χ1n) is 7.74. The Hall–Kier alpha value is -3.65. The number of benzene rings is 1. The van der Waals surface area contributed by atoms with Crippen LogP contribution in [0.1, 0.15) is 5.56 Å². The molecule has 12 heteroatoms. The molecular formula is C17H14N4O7S. The molecule has 0 aliphatic carbocycles. The largest absolute Gasteiger partial charge is 0.490 e. The van der Waals surface area contributed by atoms with Crippen molar-refractivity contribution in [2.45, 2.75) is 6.92 Å². The standard InChI is InChI=1S/C17H14N4O7S/c1-11-16(13(9-20)10-21)15(26-4-5-28-29(23,24)25)6-14(12(7-18)8-19)17(11)27-3-2-22/h6,22H,2-5H2,1H3,(H,23,24,25). The first kappa shape index (κ1) is 23.4. The highest BCUT2D eigenvalue weighted by Crippen LogP contribution is 2.16. The molecule has 0 saturated heterocycles. The van der Waals surface area contributed by atoms with Crippen LogP contribution in [0.2, 0.25) is 0 Å². The van der Waals surface area contributed by atoms with Crippen LogP contribution in [0.4, 0.5) is 0 Å². The fraction of sp³-hybridized carbons (Fsp3) is 0.294. The molecule has 11 nitrogen and oxygen atoms in total. The Morgan fingerprint density at radius 3 is 2.07 bits per heavy atom. The Kier molecular flexibility index (Phi) is 8.57. The van der Waals surface area contributed by atoms with E-state index in [1.54, 1.807) is 24.3 Å². The monoisotopic (exact) mass is 418 g/mol. The second-order valence-electron chi connectivity index (χ2n) is 5.12. The molecule has 0 amide bonds. The summed E-state index contributed by atoms with van der Waals surface area (Å²) >= 11 is 0. The van der Waals surface area contributed by atoms with E-state index in [0.717, 1.165) is 0 Å². The first-order valence-corrected chi connectivity index (χ1v) is 9.11. The molecule has 0 fully saturated rings. The molecule has 0 aliphatic heterocycles. The lowest BCUT2D eigenvalue weighted by Crippen LogP contribution is -2.25. The van der Waals surface area contributed by atoms with Gasteiger partial charge in [0.1, 0.15) is 66.7 Å². The van der Waals surface area contributed by atoms with Gasteiger partial charge in [-0.2, -0.15) is 29.5 Å². The van der Waals surface area contributed by atoms with Crippen LogP contribution in [0.3, 0.4) is 0 Å². The third kappa shape index (κ3) is 6.18. The van der Waals surface area contributed by atoms with E-state index in [-0.39, 0.29) is 51.9 Å². The van der Waals surface area contributed by atoms with E-state index in [1.165, 1.54) is 13.0 Å². The van der Waals surface area contributed by atoms with Gasteiger partial charge in [0.2, 0.25) is 0 Å². The van der Waals surface area contributed by atoms with Gasteiger partial charge in [-0.3, -0.25) is 4.55 Å². The van der Waals surface area contributed by atoms with Gasteiger partial charge in [0.25, 0.3) is 0 Å². The molecule has 0 spiro atoms. The number of ether oxygens (including phenoxy) is 2. The average molecular weight is 418 g/mol. The maximum absolute atomic E-state index is 10.6. The van der Waals surface area contributed by atoms with Crippen molar-refractivity contribution in [3.63, 3.8) is 0 Å². The number of aliphatic hydroxyl groups is 1. The molecule has 0 aromatic heterocycles. The van der Waals surface area contributed by atoms with Crippen molar-refractivity contribution in [1.82, 2.24) is 0 Å². The summed E-state index contributed by atoms with van der Waals surface area (Å²) in [7, 11) is -4.69. The third-order valence-corrected chi connectivity index (χ3v) is 3.82. The van der Waals surface area contributed by atoms with E-state index in [1.807, 2.05) is 0 Å². The summed E-state index contributed by atoms with van der Waals surface area (Å²) in [6.07, 6.45) is 0. The molecule has 1 aromatic carbocycles. The predicted octanol–water partition coefficient (Wildman–Crippen LogP) is -1.04. The predicted molar refractivity (Wildman–Crippen MR) is 95.3 cm³/mol. The molecule has 2 N–H and O–H groups in total. The number of nitriles is 4. The van der Waals surface area contributed by atoms with Gasteiger partial charge in [-0.1, -0.05) is 0 Å². The molecule has 29 heavy (non-hydrogen) atoms. The Bertz CT molecular complexity index is 1150. The molecular weight excluding hydrogens is 404 g/mol. The molecule has 0 radical (unpaired) electrons. The lowest BCUT2D eigenvalue weighted by molar-refractivity contribution is 0.196.